The number of rotatable bonds is 6. The van der Waals surface area contributed by atoms with E-state index in [9.17, 15) is 9.18 Å². The van der Waals surface area contributed by atoms with Gasteiger partial charge in [0.25, 0.3) is 0 Å². The smallest absolute Gasteiger partial charge is 0.232 e. The Morgan fingerprint density at radius 3 is 2.55 bits per heavy atom. The average Bonchev–Trinajstić information content (AvgIpc) is 3.02. The molecular weight excluding hydrogens is 412 g/mol. The van der Waals surface area contributed by atoms with Crippen LogP contribution in [0.1, 0.15) is 30.7 Å². The topological polar surface area (TPSA) is 35.6 Å². The van der Waals surface area contributed by atoms with Crippen LogP contribution in [0, 0.1) is 5.82 Å². The van der Waals surface area contributed by atoms with Gasteiger partial charge in [0, 0.05) is 37.6 Å². The Labute approximate surface area is 180 Å². The summed E-state index contributed by atoms with van der Waals surface area (Å²) in [5.41, 5.74) is 2.65. The molecule has 1 fully saturated rings. The van der Waals surface area contributed by atoms with E-state index in [4.69, 9.17) is 23.2 Å². The third-order valence-corrected chi connectivity index (χ3v) is 6.56. The first kappa shape index (κ1) is 20.5. The van der Waals surface area contributed by atoms with E-state index in [-0.39, 0.29) is 17.6 Å². The van der Waals surface area contributed by atoms with Crippen LogP contribution in [-0.2, 0) is 4.79 Å². The Kier molecular flexibility index (Phi) is 6.28. The van der Waals surface area contributed by atoms with Crippen LogP contribution in [-0.4, -0.2) is 43.5 Å². The van der Waals surface area contributed by atoms with Gasteiger partial charge in [0.15, 0.2) is 0 Å². The number of amides is 1. The maximum Gasteiger partial charge on any atom is 0.232 e. The maximum atomic E-state index is 13.5. The highest BCUT2D eigenvalue weighted by Crippen LogP contribution is 2.36. The molecule has 1 atom stereocenters. The Morgan fingerprint density at radius 2 is 1.79 bits per heavy atom. The molecule has 154 valence electrons. The average molecular weight is 436 g/mol. The largest absolute Gasteiger partial charge is 0.369 e. The van der Waals surface area contributed by atoms with Gasteiger partial charge in [-0.05, 0) is 61.3 Å². The van der Waals surface area contributed by atoms with Gasteiger partial charge in [0.2, 0.25) is 5.91 Å². The first-order valence-corrected chi connectivity index (χ1v) is 10.8. The summed E-state index contributed by atoms with van der Waals surface area (Å²) in [5, 5.41) is 4.02. The minimum Gasteiger partial charge on any atom is -0.369 e. The lowest BCUT2D eigenvalue weighted by Crippen LogP contribution is -2.46. The van der Waals surface area contributed by atoms with E-state index in [1.54, 1.807) is 6.07 Å². The van der Waals surface area contributed by atoms with Crippen LogP contribution in [0.4, 0.5) is 15.8 Å². The molecule has 1 saturated heterocycles. The number of hydrogen-bond donors (Lipinski definition) is 1. The van der Waals surface area contributed by atoms with Crippen molar-refractivity contribution in [2.75, 3.05) is 42.9 Å². The fraction of sp³-hybridized carbons (Fsp3) is 0.409. The number of halogens is 3. The molecule has 4 rings (SSSR count). The first-order valence-electron chi connectivity index (χ1n) is 10.0. The van der Waals surface area contributed by atoms with Crippen molar-refractivity contribution in [3.05, 3.63) is 57.8 Å². The molecule has 29 heavy (non-hydrogen) atoms. The standard InChI is InChI=1S/C22H24Cl2FN3O/c23-19-6-5-16(14-20(19)24)28-11-9-27(10-12-28)8-2-1-3-17-18-13-15(25)4-7-21(18)26-22(17)29/h4-7,13-14,17H,1-3,8-12H2,(H,26,29). The second-order valence-corrected chi connectivity index (χ2v) is 8.51. The molecule has 4 nitrogen and oxygen atoms in total. The number of benzene rings is 2. The number of hydrogen-bond acceptors (Lipinski definition) is 3. The van der Waals surface area contributed by atoms with Crippen LogP contribution in [0.2, 0.25) is 10.0 Å². The minimum absolute atomic E-state index is 0.0131. The minimum atomic E-state index is -0.287. The van der Waals surface area contributed by atoms with E-state index in [2.05, 4.69) is 15.1 Å². The number of piperazine rings is 1. The summed E-state index contributed by atoms with van der Waals surface area (Å²) >= 11 is 12.1. The van der Waals surface area contributed by atoms with Crippen LogP contribution in [0.15, 0.2) is 36.4 Å². The van der Waals surface area contributed by atoms with Crippen molar-refractivity contribution in [1.82, 2.24) is 4.90 Å². The highest BCUT2D eigenvalue weighted by molar-refractivity contribution is 6.42. The van der Waals surface area contributed by atoms with E-state index in [1.165, 1.54) is 12.1 Å². The van der Waals surface area contributed by atoms with Gasteiger partial charge in [-0.1, -0.05) is 29.6 Å². The SMILES string of the molecule is O=C1Nc2ccc(F)cc2C1CCCCN1CCN(c2ccc(Cl)c(Cl)c2)CC1. The molecule has 1 N–H and O–H groups in total. The molecule has 2 heterocycles. The van der Waals surface area contributed by atoms with E-state index < -0.39 is 0 Å². The third-order valence-electron chi connectivity index (χ3n) is 5.82. The summed E-state index contributed by atoms with van der Waals surface area (Å²) in [7, 11) is 0. The zero-order chi connectivity index (χ0) is 20.4. The molecule has 1 unspecified atom stereocenters. The monoisotopic (exact) mass is 435 g/mol. The lowest BCUT2D eigenvalue weighted by atomic mass is 9.95. The van der Waals surface area contributed by atoms with E-state index >= 15 is 0 Å². The summed E-state index contributed by atoms with van der Waals surface area (Å²) in [6.45, 7) is 4.92. The maximum absolute atomic E-state index is 13.5. The predicted octanol–water partition coefficient (Wildman–Crippen LogP) is 5.16. The third kappa shape index (κ3) is 4.68. The van der Waals surface area contributed by atoms with Crippen molar-refractivity contribution in [2.45, 2.75) is 25.2 Å². The van der Waals surface area contributed by atoms with Gasteiger partial charge in [-0.2, -0.15) is 0 Å². The van der Waals surface area contributed by atoms with Crippen molar-refractivity contribution in [1.29, 1.82) is 0 Å². The van der Waals surface area contributed by atoms with Gasteiger partial charge >= 0.3 is 0 Å². The Balaban J connectivity index is 1.21. The Hall–Kier alpha value is -1.82. The molecule has 0 aromatic heterocycles. The van der Waals surface area contributed by atoms with Crippen LogP contribution in [0.3, 0.4) is 0 Å². The molecule has 2 aliphatic rings. The van der Waals surface area contributed by atoms with Crippen LogP contribution in [0.25, 0.3) is 0 Å². The fourth-order valence-electron chi connectivity index (χ4n) is 4.18. The van der Waals surface area contributed by atoms with Gasteiger partial charge < -0.3 is 10.2 Å². The van der Waals surface area contributed by atoms with Crippen molar-refractivity contribution >= 4 is 40.5 Å². The van der Waals surface area contributed by atoms with Gasteiger partial charge in [-0.15, -0.1) is 0 Å². The van der Waals surface area contributed by atoms with Crippen molar-refractivity contribution in [2.24, 2.45) is 0 Å². The number of fused-ring (bicyclic) bond motifs is 1. The molecule has 2 aromatic carbocycles. The number of nitrogens with zero attached hydrogens (tertiary/aromatic N) is 2. The number of carbonyl (C=O) groups excluding carboxylic acids is 1. The summed E-state index contributed by atoms with van der Waals surface area (Å²) in [5.74, 6) is -0.530. The first-order chi connectivity index (χ1) is 14.0. The van der Waals surface area contributed by atoms with Crippen LogP contribution < -0.4 is 10.2 Å². The van der Waals surface area contributed by atoms with Gasteiger partial charge in [-0.3, -0.25) is 9.69 Å². The molecule has 2 aromatic rings. The second kappa shape index (κ2) is 8.90. The second-order valence-electron chi connectivity index (χ2n) is 7.70. The number of anilines is 2. The van der Waals surface area contributed by atoms with Crippen LogP contribution in [0.5, 0.6) is 0 Å². The molecule has 1 amide bonds. The fourth-order valence-corrected chi connectivity index (χ4v) is 4.47. The lowest BCUT2D eigenvalue weighted by molar-refractivity contribution is -0.117. The molecule has 0 spiro atoms. The molecule has 0 aliphatic carbocycles. The van der Waals surface area contributed by atoms with Crippen LogP contribution >= 0.6 is 23.2 Å². The van der Waals surface area contributed by atoms with Gasteiger partial charge in [-0.25, -0.2) is 4.39 Å². The van der Waals surface area contributed by atoms with E-state index in [1.807, 2.05) is 18.2 Å². The molecule has 0 saturated carbocycles. The summed E-state index contributed by atoms with van der Waals surface area (Å²) in [4.78, 5) is 17.0. The van der Waals surface area contributed by atoms with E-state index in [0.29, 0.717) is 10.0 Å². The highest BCUT2D eigenvalue weighted by atomic mass is 35.5. The predicted molar refractivity (Wildman–Crippen MR) is 117 cm³/mol. The van der Waals surface area contributed by atoms with Crippen molar-refractivity contribution in [3.8, 4) is 0 Å². The zero-order valence-corrected chi connectivity index (χ0v) is 17.6. The lowest BCUT2D eigenvalue weighted by Gasteiger charge is -2.36. The van der Waals surface area contributed by atoms with Crippen molar-refractivity contribution in [3.63, 3.8) is 0 Å². The van der Waals surface area contributed by atoms with Gasteiger partial charge in [0.05, 0.1) is 16.0 Å². The summed E-state index contributed by atoms with van der Waals surface area (Å²) in [6.07, 6.45) is 2.73. The molecule has 7 heteroatoms. The quantitative estimate of drug-likeness (QED) is 0.636. The normalized spacial score (nSPS) is 19.3. The molecule has 0 radical (unpaired) electrons. The van der Waals surface area contributed by atoms with Crippen molar-refractivity contribution < 1.29 is 9.18 Å². The molecule has 0 bridgehead atoms. The Morgan fingerprint density at radius 1 is 1.00 bits per heavy atom. The summed E-state index contributed by atoms with van der Waals surface area (Å²) < 4.78 is 13.5. The molecule has 2 aliphatic heterocycles. The number of carbonyl (C=O) groups is 1. The highest BCUT2D eigenvalue weighted by Gasteiger charge is 2.30. The Bertz CT molecular complexity index is 900. The van der Waals surface area contributed by atoms with E-state index in [0.717, 1.165) is 68.9 Å². The number of unbranched alkanes of at least 4 members (excludes halogenated alkanes) is 1. The van der Waals surface area contributed by atoms with Gasteiger partial charge in [0.1, 0.15) is 5.82 Å². The zero-order valence-electron chi connectivity index (χ0n) is 16.1. The summed E-state index contributed by atoms with van der Waals surface area (Å²) in [6, 6.07) is 10.3. The molecular formula is C22H24Cl2FN3O. The number of nitrogens with one attached hydrogen (secondary N) is 1.